The van der Waals surface area contributed by atoms with Crippen molar-refractivity contribution in [3.8, 4) is 0 Å². The summed E-state index contributed by atoms with van der Waals surface area (Å²) in [6.45, 7) is 0. The van der Waals surface area contributed by atoms with Gasteiger partial charge in [0.15, 0.2) is 0 Å². The molecule has 1 saturated heterocycles. The van der Waals surface area contributed by atoms with E-state index in [0.717, 1.165) is 30.5 Å². The zero-order valence-corrected chi connectivity index (χ0v) is 18.5. The van der Waals surface area contributed by atoms with Crippen molar-refractivity contribution in [2.45, 2.75) is 24.6 Å². The summed E-state index contributed by atoms with van der Waals surface area (Å²) in [6, 6.07) is 19.3. The molecule has 2 aliphatic rings. The van der Waals surface area contributed by atoms with E-state index in [1.807, 2.05) is 29.2 Å². The van der Waals surface area contributed by atoms with Crippen LogP contribution in [-0.4, -0.2) is 22.5 Å². The van der Waals surface area contributed by atoms with Gasteiger partial charge in [-0.1, -0.05) is 24.3 Å². The molecule has 7 nitrogen and oxygen atoms in total. The fourth-order valence-corrected chi connectivity index (χ4v) is 5.56. The highest BCUT2D eigenvalue weighted by Gasteiger charge is 2.34. The highest BCUT2D eigenvalue weighted by Crippen LogP contribution is 2.43. The smallest absolute Gasteiger partial charge is 0.270 e. The first-order chi connectivity index (χ1) is 16.0. The number of nitrogens with zero attached hydrogens (tertiary/aromatic N) is 2. The van der Waals surface area contributed by atoms with Crippen molar-refractivity contribution < 1.29 is 14.5 Å². The number of anilines is 2. The topological polar surface area (TPSA) is 92.6 Å². The van der Waals surface area contributed by atoms with Gasteiger partial charge in [0.05, 0.1) is 10.7 Å². The Morgan fingerprint density at radius 3 is 2.70 bits per heavy atom. The van der Waals surface area contributed by atoms with Crippen molar-refractivity contribution in [1.82, 2.24) is 0 Å². The first-order valence-corrected chi connectivity index (χ1v) is 11.8. The number of fused-ring (bicyclic) bond motifs is 1. The van der Waals surface area contributed by atoms with Crippen LogP contribution in [0.3, 0.4) is 0 Å². The maximum atomic E-state index is 12.8. The summed E-state index contributed by atoms with van der Waals surface area (Å²) in [6.07, 6.45) is 3.29. The van der Waals surface area contributed by atoms with Crippen LogP contribution in [0.25, 0.3) is 0 Å². The number of nitro groups is 1. The number of non-ortho nitro benzene ring substituents is 1. The van der Waals surface area contributed by atoms with Crippen molar-refractivity contribution in [3.63, 3.8) is 0 Å². The van der Waals surface area contributed by atoms with Gasteiger partial charge in [-0.2, -0.15) is 0 Å². The van der Waals surface area contributed by atoms with Crippen molar-refractivity contribution in [2.24, 2.45) is 0 Å². The minimum Gasteiger partial charge on any atom is -0.322 e. The molecule has 0 radical (unpaired) electrons. The van der Waals surface area contributed by atoms with E-state index in [1.165, 1.54) is 35.4 Å². The lowest BCUT2D eigenvalue weighted by Crippen LogP contribution is -2.28. The average Bonchev–Trinajstić information content (AvgIpc) is 3.45. The highest BCUT2D eigenvalue weighted by atomic mass is 32.2. The van der Waals surface area contributed by atoms with E-state index in [1.54, 1.807) is 17.8 Å². The summed E-state index contributed by atoms with van der Waals surface area (Å²) in [7, 11) is 0. The second kappa shape index (κ2) is 8.71. The van der Waals surface area contributed by atoms with Crippen LogP contribution < -0.4 is 10.2 Å². The molecule has 1 fully saturated rings. The largest absolute Gasteiger partial charge is 0.322 e. The number of nitro benzene ring substituents is 1. The van der Waals surface area contributed by atoms with E-state index in [-0.39, 0.29) is 22.5 Å². The number of benzene rings is 3. The molecule has 3 aromatic carbocycles. The predicted octanol–water partition coefficient (Wildman–Crippen LogP) is 5.11. The molecular formula is C25H21N3O4S. The fraction of sp³-hybridized carbons (Fsp3) is 0.200. The number of carbonyl (C=O) groups excluding carboxylic acids is 2. The SMILES string of the molecule is O=C(Nc1cccc(C2SCC(=O)N2c2ccc3c(c2)CCC3)c1)c1cccc([N+](=O)[O-])c1. The van der Waals surface area contributed by atoms with Crippen molar-refractivity contribution in [2.75, 3.05) is 16.0 Å². The molecule has 1 aliphatic heterocycles. The summed E-state index contributed by atoms with van der Waals surface area (Å²) in [5.41, 5.74) is 5.12. The summed E-state index contributed by atoms with van der Waals surface area (Å²) in [4.78, 5) is 37.7. The molecule has 1 heterocycles. The van der Waals surface area contributed by atoms with Gasteiger partial charge < -0.3 is 5.32 Å². The van der Waals surface area contributed by atoms with Crippen molar-refractivity contribution >= 4 is 40.6 Å². The molecular weight excluding hydrogens is 438 g/mol. The molecule has 0 saturated carbocycles. The van der Waals surface area contributed by atoms with E-state index in [0.29, 0.717) is 11.4 Å². The Hall–Kier alpha value is -3.65. The average molecular weight is 460 g/mol. The molecule has 33 heavy (non-hydrogen) atoms. The van der Waals surface area contributed by atoms with Gasteiger partial charge >= 0.3 is 0 Å². The first kappa shape index (κ1) is 21.2. The predicted molar refractivity (Wildman–Crippen MR) is 129 cm³/mol. The Kier molecular flexibility index (Phi) is 5.60. The second-order valence-electron chi connectivity index (χ2n) is 8.12. The van der Waals surface area contributed by atoms with E-state index in [9.17, 15) is 19.7 Å². The monoisotopic (exact) mass is 459 g/mol. The Morgan fingerprint density at radius 2 is 1.85 bits per heavy atom. The molecule has 1 unspecified atom stereocenters. The van der Waals surface area contributed by atoms with Crippen LogP contribution in [0.15, 0.2) is 66.7 Å². The van der Waals surface area contributed by atoms with Crippen molar-refractivity contribution in [1.29, 1.82) is 0 Å². The van der Waals surface area contributed by atoms with Gasteiger partial charge in [-0.15, -0.1) is 11.8 Å². The van der Waals surface area contributed by atoms with Crippen molar-refractivity contribution in [3.05, 3.63) is 99.1 Å². The zero-order chi connectivity index (χ0) is 22.9. The Bertz CT molecular complexity index is 1280. The van der Waals surface area contributed by atoms with Gasteiger partial charge in [0.2, 0.25) is 5.91 Å². The quantitative estimate of drug-likeness (QED) is 0.423. The zero-order valence-electron chi connectivity index (χ0n) is 17.7. The summed E-state index contributed by atoms with van der Waals surface area (Å²) < 4.78 is 0. The van der Waals surface area contributed by atoms with E-state index < -0.39 is 10.8 Å². The molecule has 1 N–H and O–H groups in total. The summed E-state index contributed by atoms with van der Waals surface area (Å²) in [5.74, 6) is 0.0295. The molecule has 1 aliphatic carbocycles. The fourth-order valence-electron chi connectivity index (χ4n) is 4.39. The maximum Gasteiger partial charge on any atom is 0.270 e. The molecule has 3 aromatic rings. The minimum absolute atomic E-state index is 0.0639. The molecule has 2 amide bonds. The third-order valence-electron chi connectivity index (χ3n) is 5.98. The molecule has 1 atom stereocenters. The van der Waals surface area contributed by atoms with Gasteiger partial charge in [0.1, 0.15) is 5.37 Å². The number of hydrogen-bond donors (Lipinski definition) is 1. The second-order valence-corrected chi connectivity index (χ2v) is 9.19. The maximum absolute atomic E-state index is 12.8. The lowest BCUT2D eigenvalue weighted by Gasteiger charge is -2.25. The third kappa shape index (κ3) is 4.21. The van der Waals surface area contributed by atoms with Crippen LogP contribution in [0.1, 0.15) is 38.8 Å². The van der Waals surface area contributed by atoms with Crippen LogP contribution in [-0.2, 0) is 17.6 Å². The Labute approximate surface area is 194 Å². The summed E-state index contributed by atoms with van der Waals surface area (Å²) in [5, 5.41) is 13.6. The van der Waals surface area contributed by atoms with Gasteiger partial charge in [-0.3, -0.25) is 24.6 Å². The van der Waals surface area contributed by atoms with Gasteiger partial charge in [0, 0.05) is 29.1 Å². The van der Waals surface area contributed by atoms with Crippen LogP contribution in [0.2, 0.25) is 0 Å². The van der Waals surface area contributed by atoms with E-state index in [4.69, 9.17) is 0 Å². The number of amides is 2. The lowest BCUT2D eigenvalue weighted by atomic mass is 10.1. The molecule has 0 spiro atoms. The molecule has 0 bridgehead atoms. The molecule has 5 rings (SSSR count). The number of hydrogen-bond acceptors (Lipinski definition) is 5. The van der Waals surface area contributed by atoms with Gasteiger partial charge in [-0.05, 0) is 66.3 Å². The molecule has 8 heteroatoms. The third-order valence-corrected chi connectivity index (χ3v) is 7.19. The molecule has 0 aromatic heterocycles. The number of nitrogens with one attached hydrogen (secondary N) is 1. The molecule has 166 valence electrons. The van der Waals surface area contributed by atoms with E-state index >= 15 is 0 Å². The van der Waals surface area contributed by atoms with Crippen LogP contribution >= 0.6 is 11.8 Å². The number of rotatable bonds is 5. The lowest BCUT2D eigenvalue weighted by molar-refractivity contribution is -0.384. The van der Waals surface area contributed by atoms with Gasteiger partial charge in [0.25, 0.3) is 11.6 Å². The minimum atomic E-state index is -0.528. The van der Waals surface area contributed by atoms with Gasteiger partial charge in [-0.25, -0.2) is 0 Å². The normalized spacial score (nSPS) is 17.2. The Morgan fingerprint density at radius 1 is 1.03 bits per heavy atom. The summed E-state index contributed by atoms with van der Waals surface area (Å²) >= 11 is 1.56. The number of aryl methyl sites for hydroxylation is 2. The van der Waals surface area contributed by atoms with Crippen LogP contribution in [0, 0.1) is 10.1 Å². The highest BCUT2D eigenvalue weighted by molar-refractivity contribution is 8.00. The number of thioether (sulfide) groups is 1. The standard InChI is InChI=1S/C25H21N3O4S/c29-23-15-33-25(27(23)21-11-10-16-4-1-5-17(16)13-21)19-7-2-8-20(12-19)26-24(30)18-6-3-9-22(14-18)28(31)32/h2-3,6-14,25H,1,4-5,15H2,(H,26,30). The number of carbonyl (C=O) groups is 2. The van der Waals surface area contributed by atoms with E-state index in [2.05, 4.69) is 17.4 Å². The van der Waals surface area contributed by atoms with Crippen LogP contribution in [0.4, 0.5) is 17.1 Å². The first-order valence-electron chi connectivity index (χ1n) is 10.7. The Balaban J connectivity index is 1.39. The van der Waals surface area contributed by atoms with Crippen LogP contribution in [0.5, 0.6) is 0 Å².